The number of hydrogen-bond donors (Lipinski definition) is 2. The number of nitrogens with one attached hydrogen (secondary N) is 1. The molecule has 0 fully saturated rings. The lowest BCUT2D eigenvalue weighted by molar-refractivity contribution is 0.608. The molecule has 0 spiro atoms. The molecule has 1 atom stereocenters. The minimum Gasteiger partial charge on any atom is -0.399 e. The van der Waals surface area contributed by atoms with Crippen LogP contribution in [0.3, 0.4) is 0 Å². The Morgan fingerprint density at radius 1 is 0.882 bits per heavy atom. The molecule has 1 aliphatic rings. The number of benzene rings is 2. The van der Waals surface area contributed by atoms with E-state index in [0.29, 0.717) is 0 Å². The number of unbranched alkanes of at least 4 members (excludes halogenated alkanes) is 5. The standard InChI is InChI=1S/C30H34N2S2/c1-2-3-4-5-6-10-13-24-25-16-20-34-29(25)27(26-17-21-33-28(24)26)30(18-14-22(31)15-19-30)32-23-11-8-7-9-12-23/h7-9,11-12,14-18,20-21,32H,2-6,10,13,19,31H2,1H3. The van der Waals surface area contributed by atoms with Crippen molar-refractivity contribution in [3.05, 3.63) is 88.3 Å². The summed E-state index contributed by atoms with van der Waals surface area (Å²) < 4.78 is 2.87. The molecule has 1 aliphatic carbocycles. The maximum absolute atomic E-state index is 6.19. The summed E-state index contributed by atoms with van der Waals surface area (Å²) in [6, 6.07) is 15.2. The van der Waals surface area contributed by atoms with Gasteiger partial charge in [-0.05, 0) is 71.3 Å². The zero-order chi connectivity index (χ0) is 23.4. The molecule has 4 aromatic rings. The first-order valence-electron chi connectivity index (χ1n) is 12.6. The summed E-state index contributed by atoms with van der Waals surface area (Å²) in [6.07, 6.45) is 16.5. The van der Waals surface area contributed by atoms with Gasteiger partial charge in [-0.2, -0.15) is 0 Å². The van der Waals surface area contributed by atoms with E-state index >= 15 is 0 Å². The fraction of sp³-hybridized carbons (Fsp3) is 0.333. The smallest absolute Gasteiger partial charge is 0.0869 e. The molecule has 3 N–H and O–H groups in total. The van der Waals surface area contributed by atoms with E-state index in [9.17, 15) is 0 Å². The van der Waals surface area contributed by atoms with Crippen molar-refractivity contribution in [2.75, 3.05) is 5.32 Å². The van der Waals surface area contributed by atoms with Gasteiger partial charge in [0.15, 0.2) is 0 Å². The van der Waals surface area contributed by atoms with Crippen molar-refractivity contribution >= 4 is 48.5 Å². The van der Waals surface area contributed by atoms with E-state index in [2.05, 4.69) is 83.7 Å². The summed E-state index contributed by atoms with van der Waals surface area (Å²) >= 11 is 3.78. The lowest BCUT2D eigenvalue weighted by atomic mass is 9.80. The molecule has 0 aliphatic heterocycles. The maximum atomic E-state index is 6.19. The molecule has 2 heterocycles. The molecule has 0 radical (unpaired) electrons. The van der Waals surface area contributed by atoms with Crippen LogP contribution in [-0.2, 0) is 12.0 Å². The molecule has 0 saturated heterocycles. The number of rotatable bonds is 10. The van der Waals surface area contributed by atoms with Gasteiger partial charge in [-0.1, -0.05) is 69.4 Å². The molecule has 176 valence electrons. The second-order valence-corrected chi connectivity index (χ2v) is 11.2. The van der Waals surface area contributed by atoms with Crippen molar-refractivity contribution in [2.45, 2.75) is 63.8 Å². The van der Waals surface area contributed by atoms with E-state index in [1.807, 2.05) is 22.7 Å². The van der Waals surface area contributed by atoms with Gasteiger partial charge in [-0.3, -0.25) is 0 Å². The largest absolute Gasteiger partial charge is 0.399 e. The zero-order valence-corrected chi connectivity index (χ0v) is 21.6. The Bertz CT molecular complexity index is 1260. The van der Waals surface area contributed by atoms with Gasteiger partial charge < -0.3 is 11.1 Å². The fourth-order valence-electron chi connectivity index (χ4n) is 5.27. The lowest BCUT2D eigenvalue weighted by Gasteiger charge is -2.36. The minimum absolute atomic E-state index is 0.328. The monoisotopic (exact) mass is 486 g/mol. The first-order chi connectivity index (χ1) is 16.7. The van der Waals surface area contributed by atoms with Gasteiger partial charge >= 0.3 is 0 Å². The zero-order valence-electron chi connectivity index (χ0n) is 20.0. The summed E-state index contributed by atoms with van der Waals surface area (Å²) in [4.78, 5) is 0. The van der Waals surface area contributed by atoms with E-state index < -0.39 is 0 Å². The van der Waals surface area contributed by atoms with Crippen LogP contribution >= 0.6 is 22.7 Å². The molecule has 4 heteroatoms. The number of thiophene rings is 2. The average molecular weight is 487 g/mol. The summed E-state index contributed by atoms with van der Waals surface area (Å²) in [5, 5.41) is 11.3. The van der Waals surface area contributed by atoms with Crippen molar-refractivity contribution < 1.29 is 0 Å². The third-order valence-electron chi connectivity index (χ3n) is 7.01. The number of nitrogens with two attached hydrogens (primary N) is 1. The van der Waals surface area contributed by atoms with Gasteiger partial charge in [0.05, 0.1) is 5.54 Å². The van der Waals surface area contributed by atoms with E-state index in [-0.39, 0.29) is 5.54 Å². The predicted octanol–water partition coefficient (Wildman–Crippen LogP) is 9.13. The van der Waals surface area contributed by atoms with Crippen LogP contribution in [0.15, 0.2) is 77.1 Å². The molecule has 2 aromatic heterocycles. The topological polar surface area (TPSA) is 38.0 Å². The summed E-state index contributed by atoms with van der Waals surface area (Å²) in [5.41, 5.74) is 10.8. The number of fused-ring (bicyclic) bond motifs is 2. The van der Waals surface area contributed by atoms with Gasteiger partial charge in [-0.25, -0.2) is 0 Å². The van der Waals surface area contributed by atoms with Gasteiger partial charge in [0.1, 0.15) is 0 Å². The van der Waals surface area contributed by atoms with Crippen LogP contribution in [0, 0.1) is 0 Å². The Labute approximate surface area is 211 Å². The number of allylic oxidation sites excluding steroid dienone is 1. The SMILES string of the molecule is CCCCCCCCc1c2ccsc2c(C2(Nc3ccccc3)C=CC(N)=CC2)c2ccsc12. The molecule has 1 unspecified atom stereocenters. The van der Waals surface area contributed by atoms with Gasteiger partial charge in [0.25, 0.3) is 0 Å². The molecule has 2 aromatic carbocycles. The molecule has 0 saturated carbocycles. The van der Waals surface area contributed by atoms with Gasteiger partial charge in [0.2, 0.25) is 0 Å². The van der Waals surface area contributed by atoms with Crippen LogP contribution in [0.4, 0.5) is 5.69 Å². The molecular weight excluding hydrogens is 452 g/mol. The van der Waals surface area contributed by atoms with Crippen LogP contribution in [0.5, 0.6) is 0 Å². The van der Waals surface area contributed by atoms with Crippen molar-refractivity contribution in [1.29, 1.82) is 0 Å². The molecule has 5 rings (SSSR count). The van der Waals surface area contributed by atoms with Crippen molar-refractivity contribution in [3.63, 3.8) is 0 Å². The Hall–Kier alpha value is -2.56. The number of hydrogen-bond acceptors (Lipinski definition) is 4. The Morgan fingerprint density at radius 2 is 1.62 bits per heavy atom. The summed E-state index contributed by atoms with van der Waals surface area (Å²) in [7, 11) is 0. The molecule has 0 amide bonds. The number of para-hydroxylation sites is 1. The average Bonchev–Trinajstić information content (AvgIpc) is 3.53. The van der Waals surface area contributed by atoms with Crippen LogP contribution in [0.1, 0.15) is 63.0 Å². The molecular formula is C30H34N2S2. The highest BCUT2D eigenvalue weighted by Crippen LogP contribution is 2.47. The second-order valence-electron chi connectivity index (χ2n) is 9.40. The van der Waals surface area contributed by atoms with Crippen molar-refractivity contribution in [2.24, 2.45) is 5.73 Å². The lowest BCUT2D eigenvalue weighted by Crippen LogP contribution is -2.35. The van der Waals surface area contributed by atoms with E-state index in [4.69, 9.17) is 5.73 Å². The van der Waals surface area contributed by atoms with Crippen LogP contribution in [0.2, 0.25) is 0 Å². The molecule has 0 bridgehead atoms. The predicted molar refractivity (Wildman–Crippen MR) is 152 cm³/mol. The third-order valence-corrected chi connectivity index (χ3v) is 8.92. The summed E-state index contributed by atoms with van der Waals surface area (Å²) in [6.45, 7) is 2.29. The van der Waals surface area contributed by atoms with Gasteiger partial charge in [0, 0.05) is 31.7 Å². The maximum Gasteiger partial charge on any atom is 0.0869 e. The third kappa shape index (κ3) is 4.54. The quantitative estimate of drug-likeness (QED) is 0.219. The normalized spacial score (nSPS) is 18.0. The van der Waals surface area contributed by atoms with Crippen molar-refractivity contribution in [3.8, 4) is 0 Å². The highest BCUT2D eigenvalue weighted by molar-refractivity contribution is 7.19. The Morgan fingerprint density at radius 3 is 2.38 bits per heavy atom. The first-order valence-corrected chi connectivity index (χ1v) is 14.4. The second kappa shape index (κ2) is 10.4. The van der Waals surface area contributed by atoms with Crippen LogP contribution in [0.25, 0.3) is 20.2 Å². The van der Waals surface area contributed by atoms with E-state index in [0.717, 1.165) is 17.8 Å². The summed E-state index contributed by atoms with van der Waals surface area (Å²) in [5.74, 6) is 0. The van der Waals surface area contributed by atoms with Gasteiger partial charge in [-0.15, -0.1) is 22.7 Å². The highest BCUT2D eigenvalue weighted by Gasteiger charge is 2.35. The van der Waals surface area contributed by atoms with Crippen molar-refractivity contribution in [1.82, 2.24) is 0 Å². The molecule has 2 nitrogen and oxygen atoms in total. The van der Waals surface area contributed by atoms with Crippen LogP contribution < -0.4 is 11.1 Å². The van der Waals surface area contributed by atoms with Crippen LogP contribution in [-0.4, -0.2) is 0 Å². The van der Waals surface area contributed by atoms with E-state index in [1.165, 1.54) is 70.7 Å². The Balaban J connectivity index is 1.58. The molecule has 34 heavy (non-hydrogen) atoms. The van der Waals surface area contributed by atoms with E-state index in [1.54, 1.807) is 5.56 Å². The number of aryl methyl sites for hydroxylation is 1. The minimum atomic E-state index is -0.328. The fourth-order valence-corrected chi connectivity index (χ4v) is 7.33. The highest BCUT2D eigenvalue weighted by atomic mass is 32.1. The number of anilines is 1. The first kappa shape index (κ1) is 23.2. The Kier molecular flexibility index (Phi) is 7.07.